The molecule has 0 aromatic heterocycles. The van der Waals surface area contributed by atoms with Gasteiger partial charge in [0.05, 0.1) is 21.1 Å². The monoisotopic (exact) mass is 228 g/mol. The summed E-state index contributed by atoms with van der Waals surface area (Å²) < 4.78 is 1.82. The average Bonchev–Trinajstić information content (AvgIpc) is 1.62. The van der Waals surface area contributed by atoms with Crippen molar-refractivity contribution in [3.8, 4) is 0 Å². The van der Waals surface area contributed by atoms with Crippen molar-refractivity contribution in [3.63, 3.8) is 0 Å². The normalized spacial score (nSPS) is 16.1. The molecule has 0 aliphatic rings. The molecule has 0 aliphatic heterocycles. The second kappa shape index (κ2) is 3.01. The number of hydrogen-bond acceptors (Lipinski definition) is 0. The summed E-state index contributed by atoms with van der Waals surface area (Å²) in [4.78, 5) is 0. The van der Waals surface area contributed by atoms with E-state index in [9.17, 15) is 0 Å². The summed E-state index contributed by atoms with van der Waals surface area (Å²) in [6, 6.07) is 0. The van der Waals surface area contributed by atoms with Crippen LogP contribution >= 0.6 is 22.6 Å². The lowest BCUT2D eigenvalue weighted by Crippen LogP contribution is -2.40. The van der Waals surface area contributed by atoms with Gasteiger partial charge in [-0.05, 0) is 22.6 Å². The average molecular weight is 228 g/mol. The van der Waals surface area contributed by atoms with Gasteiger partial charge >= 0.3 is 0 Å². The molecule has 0 amide bonds. The van der Waals surface area contributed by atoms with E-state index in [0.717, 1.165) is 8.53 Å². The van der Waals surface area contributed by atoms with E-state index in [4.69, 9.17) is 0 Å². The van der Waals surface area contributed by atoms with Crippen LogP contribution in [0.4, 0.5) is 0 Å². The zero-order valence-corrected chi connectivity index (χ0v) is 8.27. The number of rotatable bonds is 2. The third kappa shape index (κ3) is 2.87. The Hall–Kier alpha value is 0.690. The Morgan fingerprint density at radius 2 is 1.75 bits per heavy atom. The molecule has 0 aromatic rings. The van der Waals surface area contributed by atoms with Gasteiger partial charge in [0.15, 0.2) is 0 Å². The van der Waals surface area contributed by atoms with E-state index >= 15 is 0 Å². The van der Waals surface area contributed by atoms with Crippen molar-refractivity contribution in [2.75, 3.05) is 21.1 Å². The standard InChI is InChI=1S/C6H15IN/c1-5-6(7)8(2,3)4/h6H,5H2,1-4H3/q+1. The Kier molecular flexibility index (Phi) is 3.27. The topological polar surface area (TPSA) is 0 Å². The molecule has 2 heteroatoms. The number of hydrogen-bond donors (Lipinski definition) is 0. The van der Waals surface area contributed by atoms with Crippen molar-refractivity contribution in [2.45, 2.75) is 17.4 Å². The lowest BCUT2D eigenvalue weighted by molar-refractivity contribution is -0.876. The van der Waals surface area contributed by atoms with Crippen molar-refractivity contribution in [3.05, 3.63) is 0 Å². The first-order valence-electron chi connectivity index (χ1n) is 2.93. The van der Waals surface area contributed by atoms with Crippen LogP contribution in [0.25, 0.3) is 0 Å². The molecule has 0 bridgehead atoms. The zero-order valence-electron chi connectivity index (χ0n) is 6.11. The largest absolute Gasteiger partial charge is 0.320 e. The van der Waals surface area contributed by atoms with Crippen LogP contribution in [0.15, 0.2) is 0 Å². The third-order valence-electron chi connectivity index (χ3n) is 1.18. The summed E-state index contributed by atoms with van der Waals surface area (Å²) in [5.74, 6) is 0. The Labute approximate surface area is 65.8 Å². The maximum absolute atomic E-state index is 2.48. The minimum atomic E-state index is 0.757. The SMILES string of the molecule is CCC(I)[N+](C)(C)C. The molecule has 0 aromatic carbocycles. The van der Waals surface area contributed by atoms with Gasteiger partial charge in [-0.2, -0.15) is 0 Å². The van der Waals surface area contributed by atoms with Crippen molar-refractivity contribution in [1.29, 1.82) is 0 Å². The summed E-state index contributed by atoms with van der Waals surface area (Å²) in [7, 11) is 6.67. The fourth-order valence-corrected chi connectivity index (χ4v) is 0.548. The van der Waals surface area contributed by atoms with Crippen LogP contribution in [-0.2, 0) is 0 Å². The highest BCUT2D eigenvalue weighted by Crippen LogP contribution is 2.13. The van der Waals surface area contributed by atoms with E-state index in [0.29, 0.717) is 0 Å². The van der Waals surface area contributed by atoms with Gasteiger partial charge in [0, 0.05) is 6.42 Å². The van der Waals surface area contributed by atoms with Gasteiger partial charge in [0.2, 0.25) is 0 Å². The maximum Gasteiger partial charge on any atom is 0.138 e. The molecule has 0 spiro atoms. The van der Waals surface area contributed by atoms with E-state index in [1.807, 2.05) is 0 Å². The van der Waals surface area contributed by atoms with Crippen molar-refractivity contribution in [1.82, 2.24) is 0 Å². The minimum Gasteiger partial charge on any atom is -0.320 e. The highest BCUT2D eigenvalue weighted by atomic mass is 127. The summed E-state index contributed by atoms with van der Waals surface area (Å²) in [6.07, 6.45) is 1.25. The van der Waals surface area contributed by atoms with E-state index in [-0.39, 0.29) is 0 Å². The van der Waals surface area contributed by atoms with Gasteiger partial charge in [-0.1, -0.05) is 6.92 Å². The number of quaternary nitrogens is 1. The molecule has 0 aliphatic carbocycles. The second-order valence-electron chi connectivity index (χ2n) is 2.96. The van der Waals surface area contributed by atoms with Gasteiger partial charge in [0.1, 0.15) is 4.05 Å². The predicted molar refractivity (Wildman–Crippen MR) is 46.1 cm³/mol. The second-order valence-corrected chi connectivity index (χ2v) is 4.40. The fourth-order valence-electron chi connectivity index (χ4n) is 0.548. The van der Waals surface area contributed by atoms with Crippen LogP contribution in [0.5, 0.6) is 0 Å². The Morgan fingerprint density at radius 1 is 1.38 bits per heavy atom. The van der Waals surface area contributed by atoms with Crippen molar-refractivity contribution < 1.29 is 4.48 Å². The highest BCUT2D eigenvalue weighted by molar-refractivity contribution is 14.1. The molecule has 1 atom stereocenters. The lowest BCUT2D eigenvalue weighted by atomic mass is 10.4. The Morgan fingerprint density at radius 3 is 1.75 bits per heavy atom. The molecule has 8 heavy (non-hydrogen) atoms. The molecule has 50 valence electrons. The van der Waals surface area contributed by atoms with Crippen LogP contribution in [0.3, 0.4) is 0 Å². The Bertz CT molecular complexity index is 65.4. The third-order valence-corrected chi connectivity index (χ3v) is 3.73. The van der Waals surface area contributed by atoms with Crippen LogP contribution in [0.1, 0.15) is 13.3 Å². The molecule has 0 N–H and O–H groups in total. The van der Waals surface area contributed by atoms with Crippen molar-refractivity contribution >= 4 is 22.6 Å². The first-order chi connectivity index (χ1) is 3.48. The number of nitrogens with zero attached hydrogens (tertiary/aromatic N) is 1. The van der Waals surface area contributed by atoms with Gasteiger partial charge in [-0.3, -0.25) is 0 Å². The zero-order chi connectivity index (χ0) is 6.78. The summed E-state index contributed by atoms with van der Waals surface area (Å²) in [5.41, 5.74) is 0. The van der Waals surface area contributed by atoms with Gasteiger partial charge in [-0.15, -0.1) is 0 Å². The minimum absolute atomic E-state index is 0.757. The molecule has 0 rings (SSSR count). The summed E-state index contributed by atoms with van der Waals surface area (Å²) >= 11 is 2.48. The number of alkyl halides is 1. The number of halogens is 1. The lowest BCUT2D eigenvalue weighted by Gasteiger charge is -2.29. The fraction of sp³-hybridized carbons (Fsp3) is 1.00. The smallest absolute Gasteiger partial charge is 0.138 e. The molecule has 0 fully saturated rings. The van der Waals surface area contributed by atoms with Crippen LogP contribution in [0, 0.1) is 0 Å². The van der Waals surface area contributed by atoms with Crippen molar-refractivity contribution in [2.24, 2.45) is 0 Å². The molecule has 1 unspecified atom stereocenters. The van der Waals surface area contributed by atoms with Gasteiger partial charge in [0.25, 0.3) is 0 Å². The quantitative estimate of drug-likeness (QED) is 0.293. The molecule has 0 saturated carbocycles. The summed E-state index contributed by atoms with van der Waals surface area (Å²) in [6.45, 7) is 2.22. The molecular weight excluding hydrogens is 213 g/mol. The molecular formula is C6H15IN+. The Balaban J connectivity index is 3.62. The summed E-state index contributed by atoms with van der Waals surface area (Å²) in [5, 5.41) is 0. The maximum atomic E-state index is 2.48. The highest BCUT2D eigenvalue weighted by Gasteiger charge is 2.16. The van der Waals surface area contributed by atoms with Crippen LogP contribution in [0.2, 0.25) is 0 Å². The van der Waals surface area contributed by atoms with E-state index < -0.39 is 0 Å². The molecule has 0 saturated heterocycles. The predicted octanol–water partition coefficient (Wildman–Crippen LogP) is 1.86. The van der Waals surface area contributed by atoms with E-state index in [2.05, 4.69) is 50.7 Å². The first-order valence-corrected chi connectivity index (χ1v) is 4.18. The molecule has 0 radical (unpaired) electrons. The van der Waals surface area contributed by atoms with E-state index in [1.165, 1.54) is 6.42 Å². The van der Waals surface area contributed by atoms with Crippen LogP contribution in [-0.4, -0.2) is 29.7 Å². The van der Waals surface area contributed by atoms with E-state index in [1.54, 1.807) is 0 Å². The first kappa shape index (κ1) is 8.69. The van der Waals surface area contributed by atoms with Gasteiger partial charge in [-0.25, -0.2) is 0 Å². The van der Waals surface area contributed by atoms with Crippen LogP contribution < -0.4 is 0 Å². The van der Waals surface area contributed by atoms with Gasteiger partial charge < -0.3 is 4.48 Å². The molecule has 0 heterocycles. The molecule has 1 nitrogen and oxygen atoms in total.